The van der Waals surface area contributed by atoms with Crippen LogP contribution in [0.2, 0.25) is 0 Å². The molecule has 0 aliphatic heterocycles. The van der Waals surface area contributed by atoms with Crippen LogP contribution in [0.15, 0.2) is 15.9 Å². The number of nitrogens with one attached hydrogen (secondary N) is 1. The van der Waals surface area contributed by atoms with Gasteiger partial charge in [-0.15, -0.1) is 11.3 Å². The van der Waals surface area contributed by atoms with Gasteiger partial charge in [-0.1, -0.05) is 0 Å². The Morgan fingerprint density at radius 2 is 2.17 bits per heavy atom. The Bertz CT molecular complexity index is 399. The van der Waals surface area contributed by atoms with Crippen molar-refractivity contribution in [3.63, 3.8) is 0 Å². The quantitative estimate of drug-likeness (QED) is 0.891. The lowest BCUT2D eigenvalue weighted by Gasteiger charge is -2.26. The molecule has 1 aromatic rings. The van der Waals surface area contributed by atoms with E-state index < -0.39 is 0 Å². The van der Waals surface area contributed by atoms with Gasteiger partial charge in [-0.25, -0.2) is 0 Å². The SMILES string of the molecule is NC1CCC(NC(=O)CCc2cc(Br)cs2)CC1. The number of aryl methyl sites for hydroxylation is 1. The van der Waals surface area contributed by atoms with E-state index in [1.807, 2.05) is 0 Å². The van der Waals surface area contributed by atoms with Gasteiger partial charge in [0.2, 0.25) is 5.91 Å². The molecule has 5 heteroatoms. The molecule has 2 rings (SSSR count). The third kappa shape index (κ3) is 4.37. The first-order valence-corrected chi connectivity index (χ1v) is 8.08. The van der Waals surface area contributed by atoms with Crippen molar-refractivity contribution in [2.45, 2.75) is 50.6 Å². The summed E-state index contributed by atoms with van der Waals surface area (Å²) >= 11 is 5.12. The molecule has 100 valence electrons. The summed E-state index contributed by atoms with van der Waals surface area (Å²) in [7, 11) is 0. The summed E-state index contributed by atoms with van der Waals surface area (Å²) in [5.41, 5.74) is 5.85. The fourth-order valence-corrected chi connectivity index (χ4v) is 3.74. The second-order valence-electron chi connectivity index (χ2n) is 4.91. The van der Waals surface area contributed by atoms with Gasteiger partial charge in [0.25, 0.3) is 0 Å². The number of amides is 1. The zero-order valence-electron chi connectivity index (χ0n) is 10.3. The Kier molecular flexibility index (Phi) is 5.21. The molecule has 0 spiro atoms. The zero-order chi connectivity index (χ0) is 13.0. The van der Waals surface area contributed by atoms with Crippen molar-refractivity contribution in [3.8, 4) is 0 Å². The molecular weight excluding hydrogens is 312 g/mol. The lowest BCUT2D eigenvalue weighted by atomic mass is 9.92. The van der Waals surface area contributed by atoms with Crippen LogP contribution in [0.25, 0.3) is 0 Å². The van der Waals surface area contributed by atoms with Crippen molar-refractivity contribution >= 4 is 33.2 Å². The molecule has 0 saturated heterocycles. The van der Waals surface area contributed by atoms with Crippen LogP contribution in [-0.4, -0.2) is 18.0 Å². The summed E-state index contributed by atoms with van der Waals surface area (Å²) in [4.78, 5) is 13.1. The van der Waals surface area contributed by atoms with Crippen LogP contribution in [0.4, 0.5) is 0 Å². The van der Waals surface area contributed by atoms with Crippen LogP contribution in [0.5, 0.6) is 0 Å². The summed E-state index contributed by atoms with van der Waals surface area (Å²) in [5, 5.41) is 5.17. The van der Waals surface area contributed by atoms with Gasteiger partial charge in [-0.3, -0.25) is 4.79 Å². The fourth-order valence-electron chi connectivity index (χ4n) is 2.29. The third-order valence-electron chi connectivity index (χ3n) is 3.36. The Balaban J connectivity index is 1.69. The molecule has 1 amide bonds. The highest BCUT2D eigenvalue weighted by Gasteiger charge is 2.19. The van der Waals surface area contributed by atoms with Gasteiger partial charge < -0.3 is 11.1 Å². The van der Waals surface area contributed by atoms with Gasteiger partial charge in [-0.2, -0.15) is 0 Å². The Labute approximate surface area is 120 Å². The summed E-state index contributed by atoms with van der Waals surface area (Å²) in [6.45, 7) is 0. The fraction of sp³-hybridized carbons (Fsp3) is 0.615. The Morgan fingerprint density at radius 1 is 1.44 bits per heavy atom. The van der Waals surface area contributed by atoms with E-state index in [0.717, 1.165) is 36.6 Å². The molecule has 0 radical (unpaired) electrons. The predicted octanol–water partition coefficient (Wildman–Crippen LogP) is 2.83. The lowest BCUT2D eigenvalue weighted by Crippen LogP contribution is -2.40. The molecule has 0 bridgehead atoms. The second-order valence-corrected chi connectivity index (χ2v) is 6.82. The van der Waals surface area contributed by atoms with E-state index in [2.05, 4.69) is 32.7 Å². The van der Waals surface area contributed by atoms with Crippen molar-refractivity contribution in [2.24, 2.45) is 5.73 Å². The third-order valence-corrected chi connectivity index (χ3v) is 5.11. The number of carbonyl (C=O) groups is 1. The zero-order valence-corrected chi connectivity index (χ0v) is 12.7. The number of halogens is 1. The van der Waals surface area contributed by atoms with Gasteiger partial charge in [-0.05, 0) is 54.1 Å². The molecule has 1 aliphatic rings. The molecular formula is C13H19BrN2OS. The van der Waals surface area contributed by atoms with Crippen LogP contribution < -0.4 is 11.1 Å². The Morgan fingerprint density at radius 3 is 2.78 bits per heavy atom. The summed E-state index contributed by atoms with van der Waals surface area (Å²) in [6.07, 6.45) is 5.52. The van der Waals surface area contributed by atoms with Crippen LogP contribution in [0, 0.1) is 0 Å². The van der Waals surface area contributed by atoms with Crippen molar-refractivity contribution < 1.29 is 4.79 Å². The average molecular weight is 331 g/mol. The monoisotopic (exact) mass is 330 g/mol. The van der Waals surface area contributed by atoms with E-state index in [1.54, 1.807) is 11.3 Å². The first kappa shape index (κ1) is 14.0. The van der Waals surface area contributed by atoms with Crippen LogP contribution in [0.3, 0.4) is 0 Å². The smallest absolute Gasteiger partial charge is 0.220 e. The van der Waals surface area contributed by atoms with Crippen LogP contribution in [0.1, 0.15) is 37.0 Å². The number of hydrogen-bond acceptors (Lipinski definition) is 3. The highest BCUT2D eigenvalue weighted by molar-refractivity contribution is 9.10. The maximum Gasteiger partial charge on any atom is 0.220 e. The minimum Gasteiger partial charge on any atom is -0.353 e. The molecule has 0 unspecified atom stereocenters. The molecule has 1 fully saturated rings. The van der Waals surface area contributed by atoms with E-state index in [0.29, 0.717) is 18.5 Å². The van der Waals surface area contributed by atoms with Crippen molar-refractivity contribution in [2.75, 3.05) is 0 Å². The molecule has 1 heterocycles. The van der Waals surface area contributed by atoms with Gasteiger partial charge >= 0.3 is 0 Å². The normalized spacial score (nSPS) is 23.9. The highest BCUT2D eigenvalue weighted by Crippen LogP contribution is 2.21. The van der Waals surface area contributed by atoms with Crippen LogP contribution in [-0.2, 0) is 11.2 Å². The first-order valence-electron chi connectivity index (χ1n) is 6.41. The molecule has 1 aromatic heterocycles. The standard InChI is InChI=1S/C13H19BrN2OS/c14-9-7-12(18-8-9)5-6-13(17)16-11-3-1-10(15)2-4-11/h7-8,10-11H,1-6,15H2,(H,16,17). The van der Waals surface area contributed by atoms with Gasteiger partial charge in [0.05, 0.1) is 0 Å². The molecule has 3 N–H and O–H groups in total. The number of carbonyl (C=O) groups excluding carboxylic acids is 1. The van der Waals surface area contributed by atoms with Crippen molar-refractivity contribution in [3.05, 3.63) is 20.8 Å². The van der Waals surface area contributed by atoms with Gasteiger partial charge in [0.1, 0.15) is 0 Å². The molecule has 0 aromatic carbocycles. The number of nitrogens with two attached hydrogens (primary N) is 1. The lowest BCUT2D eigenvalue weighted by molar-refractivity contribution is -0.122. The minimum absolute atomic E-state index is 0.167. The van der Waals surface area contributed by atoms with Crippen LogP contribution >= 0.6 is 27.3 Å². The number of rotatable bonds is 4. The van der Waals surface area contributed by atoms with Crippen molar-refractivity contribution in [1.82, 2.24) is 5.32 Å². The van der Waals surface area contributed by atoms with E-state index in [4.69, 9.17) is 5.73 Å². The molecule has 3 nitrogen and oxygen atoms in total. The maximum atomic E-state index is 11.8. The van der Waals surface area contributed by atoms with E-state index in [-0.39, 0.29) is 5.91 Å². The molecule has 1 aliphatic carbocycles. The molecule has 1 saturated carbocycles. The summed E-state index contributed by atoms with van der Waals surface area (Å²) in [6, 6.07) is 2.76. The predicted molar refractivity (Wildman–Crippen MR) is 78.7 cm³/mol. The highest BCUT2D eigenvalue weighted by atomic mass is 79.9. The number of thiophene rings is 1. The average Bonchev–Trinajstić information content (AvgIpc) is 2.76. The summed E-state index contributed by atoms with van der Waals surface area (Å²) in [5.74, 6) is 0.167. The van der Waals surface area contributed by atoms with Gasteiger partial charge in [0.15, 0.2) is 0 Å². The topological polar surface area (TPSA) is 55.1 Å². The Hall–Kier alpha value is -0.390. The first-order chi connectivity index (χ1) is 8.63. The van der Waals surface area contributed by atoms with Crippen molar-refractivity contribution in [1.29, 1.82) is 0 Å². The minimum atomic E-state index is 0.167. The molecule has 18 heavy (non-hydrogen) atoms. The van der Waals surface area contributed by atoms with E-state index in [1.165, 1.54) is 4.88 Å². The van der Waals surface area contributed by atoms with E-state index >= 15 is 0 Å². The van der Waals surface area contributed by atoms with E-state index in [9.17, 15) is 4.79 Å². The number of hydrogen-bond donors (Lipinski definition) is 2. The summed E-state index contributed by atoms with van der Waals surface area (Å²) < 4.78 is 1.10. The van der Waals surface area contributed by atoms with Gasteiger partial charge in [0, 0.05) is 33.2 Å². The maximum absolute atomic E-state index is 11.8. The second kappa shape index (κ2) is 6.68. The largest absolute Gasteiger partial charge is 0.353 e. The molecule has 0 atom stereocenters.